The van der Waals surface area contributed by atoms with Gasteiger partial charge in [-0.25, -0.2) is 9.97 Å². The van der Waals surface area contributed by atoms with Crippen molar-refractivity contribution in [2.45, 2.75) is 6.92 Å². The largest absolute Gasteiger partial charge is 0.497 e. The number of hydrogen-bond donors (Lipinski definition) is 1. The Morgan fingerprint density at radius 1 is 1.17 bits per heavy atom. The van der Waals surface area contributed by atoms with Crippen LogP contribution in [0.1, 0.15) is 16.2 Å². The number of nitrogens with zero attached hydrogens (tertiary/aromatic N) is 2. The number of rotatable bonds is 5. The van der Waals surface area contributed by atoms with Gasteiger partial charge in [0.2, 0.25) is 5.88 Å². The van der Waals surface area contributed by atoms with E-state index in [1.54, 1.807) is 38.3 Å². The summed E-state index contributed by atoms with van der Waals surface area (Å²) in [6.45, 7) is 1.67. The van der Waals surface area contributed by atoms with E-state index in [4.69, 9.17) is 13.9 Å². The summed E-state index contributed by atoms with van der Waals surface area (Å²) in [6, 6.07) is 10.5. The second kappa shape index (κ2) is 6.82. The number of carbonyl (C=O) groups excluding carboxylic acids is 1. The number of oxazole rings is 1. The van der Waals surface area contributed by atoms with Crippen molar-refractivity contribution in [3.8, 4) is 17.4 Å². The first-order chi connectivity index (χ1) is 11.7. The molecular weight excluding hydrogens is 310 g/mol. The van der Waals surface area contributed by atoms with Crippen molar-refractivity contribution < 1.29 is 18.7 Å². The molecule has 3 rings (SSSR count). The lowest BCUT2D eigenvalue weighted by atomic mass is 10.3. The lowest BCUT2D eigenvalue weighted by Gasteiger charge is -2.07. The van der Waals surface area contributed by atoms with Crippen molar-refractivity contribution >= 4 is 11.6 Å². The van der Waals surface area contributed by atoms with Crippen LogP contribution in [0.3, 0.4) is 0 Å². The zero-order chi connectivity index (χ0) is 16.9. The minimum Gasteiger partial charge on any atom is -0.497 e. The number of aromatic nitrogens is 2. The van der Waals surface area contributed by atoms with Crippen molar-refractivity contribution in [1.82, 2.24) is 9.97 Å². The molecule has 3 aromatic rings. The second-order valence-electron chi connectivity index (χ2n) is 4.88. The molecule has 2 heterocycles. The summed E-state index contributed by atoms with van der Waals surface area (Å²) in [4.78, 5) is 20.1. The Bertz CT molecular complexity index is 843. The topological polar surface area (TPSA) is 86.5 Å². The molecule has 0 atom stereocenters. The van der Waals surface area contributed by atoms with Crippen LogP contribution in [0.5, 0.6) is 17.4 Å². The summed E-state index contributed by atoms with van der Waals surface area (Å²) in [5, 5.41) is 2.69. The highest BCUT2D eigenvalue weighted by Crippen LogP contribution is 2.24. The van der Waals surface area contributed by atoms with Crippen LogP contribution in [0.4, 0.5) is 5.69 Å². The van der Waals surface area contributed by atoms with Crippen LogP contribution < -0.4 is 14.8 Å². The zero-order valence-corrected chi connectivity index (χ0v) is 13.1. The Morgan fingerprint density at radius 3 is 2.67 bits per heavy atom. The maximum atomic E-state index is 12.0. The number of ether oxygens (including phenoxy) is 2. The van der Waals surface area contributed by atoms with Crippen LogP contribution in [-0.2, 0) is 0 Å². The van der Waals surface area contributed by atoms with Crippen molar-refractivity contribution in [2.24, 2.45) is 0 Å². The number of nitrogens with one attached hydrogen (secondary N) is 1. The molecule has 0 bridgehead atoms. The minimum absolute atomic E-state index is 0.242. The summed E-state index contributed by atoms with van der Waals surface area (Å²) in [5.74, 6) is 1.80. The second-order valence-corrected chi connectivity index (χ2v) is 4.88. The van der Waals surface area contributed by atoms with E-state index < -0.39 is 0 Å². The van der Waals surface area contributed by atoms with Gasteiger partial charge in [-0.15, -0.1) is 0 Å². The highest BCUT2D eigenvalue weighted by atomic mass is 16.5. The summed E-state index contributed by atoms with van der Waals surface area (Å²) in [6.07, 6.45) is 2.73. The van der Waals surface area contributed by atoms with Crippen molar-refractivity contribution in [3.05, 3.63) is 60.4 Å². The van der Waals surface area contributed by atoms with Gasteiger partial charge in [-0.05, 0) is 25.1 Å². The Morgan fingerprint density at radius 2 is 2.00 bits per heavy atom. The smallest absolute Gasteiger partial charge is 0.277 e. The normalized spacial score (nSPS) is 10.2. The number of methoxy groups -OCH3 is 1. The van der Waals surface area contributed by atoms with Crippen molar-refractivity contribution in [2.75, 3.05) is 12.4 Å². The molecule has 24 heavy (non-hydrogen) atoms. The number of amides is 1. The van der Waals surface area contributed by atoms with E-state index in [1.165, 1.54) is 12.6 Å². The first-order valence-corrected chi connectivity index (χ1v) is 7.15. The number of hydrogen-bond acceptors (Lipinski definition) is 6. The third kappa shape index (κ3) is 3.52. The molecule has 1 N–H and O–H groups in total. The molecule has 0 aliphatic carbocycles. The van der Waals surface area contributed by atoms with Gasteiger partial charge in [0, 0.05) is 12.1 Å². The standard InChI is InChI=1S/C17H15N3O4/c1-11-16(19-10-23-11)17(21)20-12-6-7-15(18-9-12)24-14-5-3-4-13(8-14)22-2/h3-10H,1-2H3,(H,20,21). The van der Waals surface area contributed by atoms with Crippen molar-refractivity contribution in [3.63, 3.8) is 0 Å². The lowest BCUT2D eigenvalue weighted by Crippen LogP contribution is -2.13. The van der Waals surface area contributed by atoms with Crippen LogP contribution in [0.15, 0.2) is 53.4 Å². The molecule has 0 spiro atoms. The molecule has 1 amide bonds. The molecule has 0 unspecified atom stereocenters. The molecule has 7 nitrogen and oxygen atoms in total. The minimum atomic E-state index is -0.357. The fourth-order valence-corrected chi connectivity index (χ4v) is 2.01. The molecule has 7 heteroatoms. The molecule has 0 aliphatic rings. The van der Waals surface area contributed by atoms with Gasteiger partial charge in [0.05, 0.1) is 19.0 Å². The summed E-state index contributed by atoms with van der Waals surface area (Å²) in [5.41, 5.74) is 0.770. The van der Waals surface area contributed by atoms with Crippen LogP contribution in [0.2, 0.25) is 0 Å². The van der Waals surface area contributed by atoms with E-state index in [2.05, 4.69) is 15.3 Å². The number of carbonyl (C=O) groups is 1. The Kier molecular flexibility index (Phi) is 4.42. The van der Waals surface area contributed by atoms with Gasteiger partial charge in [0.1, 0.15) is 17.3 Å². The van der Waals surface area contributed by atoms with Crippen LogP contribution in [0.25, 0.3) is 0 Å². The van der Waals surface area contributed by atoms with Gasteiger partial charge in [-0.3, -0.25) is 4.79 Å². The van der Waals surface area contributed by atoms with E-state index in [0.717, 1.165) is 0 Å². The van der Waals surface area contributed by atoms with Gasteiger partial charge >= 0.3 is 0 Å². The number of pyridine rings is 1. The fraction of sp³-hybridized carbons (Fsp3) is 0.118. The van der Waals surface area contributed by atoms with Crippen molar-refractivity contribution in [1.29, 1.82) is 0 Å². The first kappa shape index (κ1) is 15.5. The van der Waals surface area contributed by atoms with Crippen LogP contribution >= 0.6 is 0 Å². The monoisotopic (exact) mass is 325 g/mol. The molecule has 1 aromatic carbocycles. The SMILES string of the molecule is COc1cccc(Oc2ccc(NC(=O)c3ncoc3C)cn2)c1. The Balaban J connectivity index is 1.67. The number of benzene rings is 1. The number of aryl methyl sites for hydroxylation is 1. The molecule has 122 valence electrons. The highest BCUT2D eigenvalue weighted by Gasteiger charge is 2.13. The molecular formula is C17H15N3O4. The van der Waals surface area contributed by atoms with Gasteiger partial charge in [0.15, 0.2) is 12.1 Å². The highest BCUT2D eigenvalue weighted by molar-refractivity contribution is 6.03. The molecule has 0 radical (unpaired) electrons. The van der Waals surface area contributed by atoms with Gasteiger partial charge in [0.25, 0.3) is 5.91 Å². The third-order valence-electron chi connectivity index (χ3n) is 3.22. The van der Waals surface area contributed by atoms with E-state index in [9.17, 15) is 4.79 Å². The summed E-state index contributed by atoms with van der Waals surface area (Å²) >= 11 is 0. The predicted octanol–water partition coefficient (Wildman–Crippen LogP) is 3.43. The van der Waals surface area contributed by atoms with E-state index in [-0.39, 0.29) is 11.6 Å². The molecule has 0 saturated heterocycles. The summed E-state index contributed by atoms with van der Waals surface area (Å²) < 4.78 is 15.8. The molecule has 0 fully saturated rings. The predicted molar refractivity (Wildman–Crippen MR) is 86.5 cm³/mol. The van der Waals surface area contributed by atoms with E-state index >= 15 is 0 Å². The Hall–Kier alpha value is -3.35. The zero-order valence-electron chi connectivity index (χ0n) is 13.1. The summed E-state index contributed by atoms with van der Waals surface area (Å²) in [7, 11) is 1.59. The Labute approximate surface area is 138 Å². The average Bonchev–Trinajstić information content (AvgIpc) is 3.03. The fourth-order valence-electron chi connectivity index (χ4n) is 2.01. The van der Waals surface area contributed by atoms with Gasteiger partial charge < -0.3 is 19.2 Å². The maximum absolute atomic E-state index is 12.0. The maximum Gasteiger partial charge on any atom is 0.277 e. The van der Waals surface area contributed by atoms with Crippen LogP contribution in [-0.4, -0.2) is 23.0 Å². The van der Waals surface area contributed by atoms with Crippen LogP contribution in [0, 0.1) is 6.92 Å². The molecule has 2 aromatic heterocycles. The van der Waals surface area contributed by atoms with Gasteiger partial charge in [-0.2, -0.15) is 0 Å². The number of anilines is 1. The first-order valence-electron chi connectivity index (χ1n) is 7.15. The lowest BCUT2D eigenvalue weighted by molar-refractivity contribution is 0.102. The molecule has 0 saturated carbocycles. The van der Waals surface area contributed by atoms with E-state index in [1.807, 2.05) is 12.1 Å². The van der Waals surface area contributed by atoms with E-state index in [0.29, 0.717) is 28.8 Å². The van der Waals surface area contributed by atoms with Gasteiger partial charge in [-0.1, -0.05) is 6.07 Å². The third-order valence-corrected chi connectivity index (χ3v) is 3.22. The molecule has 0 aliphatic heterocycles. The quantitative estimate of drug-likeness (QED) is 0.773. The average molecular weight is 325 g/mol.